The van der Waals surface area contributed by atoms with Crippen molar-refractivity contribution in [3.8, 4) is 0 Å². The molecule has 2 amide bonds. The van der Waals surface area contributed by atoms with Gasteiger partial charge in [0.1, 0.15) is 6.04 Å². The monoisotopic (exact) mass is 373 g/mol. The van der Waals surface area contributed by atoms with Gasteiger partial charge in [-0.2, -0.15) is 0 Å². The number of nitrogens with one attached hydrogen (secondary N) is 3. The highest BCUT2D eigenvalue weighted by atomic mass is 32.1. The predicted molar refractivity (Wildman–Crippen MR) is 106 cm³/mol. The SMILES string of the molecule is CCCNC(=O)[C@@H](C)NC(=O)CN[C@H](c1ccc(C)cc1)c1cccs1. The first-order chi connectivity index (χ1) is 12.5. The van der Waals surface area contributed by atoms with E-state index in [2.05, 4.69) is 53.2 Å². The van der Waals surface area contributed by atoms with Crippen molar-refractivity contribution < 1.29 is 9.59 Å². The number of amides is 2. The number of carbonyl (C=O) groups excluding carboxylic acids is 2. The van der Waals surface area contributed by atoms with Gasteiger partial charge in [0.2, 0.25) is 11.8 Å². The lowest BCUT2D eigenvalue weighted by atomic mass is 10.0. The first-order valence-corrected chi connectivity index (χ1v) is 9.79. The predicted octanol–water partition coefficient (Wildman–Crippen LogP) is 2.77. The molecule has 26 heavy (non-hydrogen) atoms. The van der Waals surface area contributed by atoms with Gasteiger partial charge in [-0.1, -0.05) is 42.8 Å². The smallest absolute Gasteiger partial charge is 0.242 e. The molecule has 0 unspecified atom stereocenters. The summed E-state index contributed by atoms with van der Waals surface area (Å²) < 4.78 is 0. The number of rotatable bonds is 9. The molecule has 2 aromatic rings. The van der Waals surface area contributed by atoms with Crippen molar-refractivity contribution in [2.45, 2.75) is 39.3 Å². The molecular weight excluding hydrogens is 346 g/mol. The van der Waals surface area contributed by atoms with Crippen molar-refractivity contribution in [1.82, 2.24) is 16.0 Å². The molecule has 2 atom stereocenters. The lowest BCUT2D eigenvalue weighted by molar-refractivity contribution is -0.128. The summed E-state index contributed by atoms with van der Waals surface area (Å²) in [5.41, 5.74) is 2.31. The second-order valence-corrected chi connectivity index (χ2v) is 7.30. The minimum atomic E-state index is -0.546. The van der Waals surface area contributed by atoms with Crippen LogP contribution in [-0.4, -0.2) is 30.9 Å². The summed E-state index contributed by atoms with van der Waals surface area (Å²) in [6, 6.07) is 11.7. The van der Waals surface area contributed by atoms with Gasteiger partial charge in [0.05, 0.1) is 12.6 Å². The van der Waals surface area contributed by atoms with Crippen molar-refractivity contribution >= 4 is 23.2 Å². The van der Waals surface area contributed by atoms with Crippen LogP contribution in [0.3, 0.4) is 0 Å². The van der Waals surface area contributed by atoms with E-state index < -0.39 is 6.04 Å². The molecule has 0 fully saturated rings. The quantitative estimate of drug-likeness (QED) is 0.633. The van der Waals surface area contributed by atoms with Gasteiger partial charge in [-0.15, -0.1) is 11.3 Å². The van der Waals surface area contributed by atoms with E-state index in [4.69, 9.17) is 0 Å². The molecular formula is C20H27N3O2S. The van der Waals surface area contributed by atoms with Crippen molar-refractivity contribution in [2.75, 3.05) is 13.1 Å². The second-order valence-electron chi connectivity index (χ2n) is 6.32. The van der Waals surface area contributed by atoms with Crippen LogP contribution in [0, 0.1) is 6.92 Å². The van der Waals surface area contributed by atoms with E-state index in [1.807, 2.05) is 18.4 Å². The highest BCUT2D eigenvalue weighted by Gasteiger charge is 2.18. The average molecular weight is 374 g/mol. The molecule has 1 aromatic carbocycles. The van der Waals surface area contributed by atoms with Gasteiger partial charge in [-0.05, 0) is 37.3 Å². The summed E-state index contributed by atoms with van der Waals surface area (Å²) in [6.45, 7) is 6.49. The third kappa shape index (κ3) is 5.97. The van der Waals surface area contributed by atoms with Crippen LogP contribution in [0.5, 0.6) is 0 Å². The van der Waals surface area contributed by atoms with E-state index in [0.717, 1.165) is 16.9 Å². The van der Waals surface area contributed by atoms with Crippen LogP contribution in [0.15, 0.2) is 41.8 Å². The number of benzene rings is 1. The Bertz CT molecular complexity index is 698. The van der Waals surface area contributed by atoms with Gasteiger partial charge in [-0.3, -0.25) is 14.9 Å². The zero-order chi connectivity index (χ0) is 18.9. The van der Waals surface area contributed by atoms with Gasteiger partial charge in [0.15, 0.2) is 0 Å². The molecule has 0 saturated carbocycles. The van der Waals surface area contributed by atoms with Gasteiger partial charge >= 0.3 is 0 Å². The summed E-state index contributed by atoms with van der Waals surface area (Å²) in [5, 5.41) is 10.9. The van der Waals surface area contributed by atoms with E-state index in [9.17, 15) is 9.59 Å². The summed E-state index contributed by atoms with van der Waals surface area (Å²) in [4.78, 5) is 25.3. The fraction of sp³-hybridized carbons (Fsp3) is 0.400. The van der Waals surface area contributed by atoms with Crippen LogP contribution in [0.4, 0.5) is 0 Å². The molecule has 2 rings (SSSR count). The van der Waals surface area contributed by atoms with E-state index in [0.29, 0.717) is 6.54 Å². The standard InChI is InChI=1S/C20H27N3O2S/c1-4-11-21-20(25)15(3)23-18(24)13-22-19(17-6-5-12-26-17)16-9-7-14(2)8-10-16/h5-10,12,15,19,22H,4,11,13H2,1-3H3,(H,21,25)(H,23,24)/t15-,19-/m1/s1. The third-order valence-electron chi connectivity index (χ3n) is 4.03. The molecule has 1 aromatic heterocycles. The average Bonchev–Trinajstić information content (AvgIpc) is 3.15. The largest absolute Gasteiger partial charge is 0.354 e. The Kier molecular flexibility index (Phi) is 7.81. The first kappa shape index (κ1) is 20.1. The van der Waals surface area contributed by atoms with E-state index in [-0.39, 0.29) is 24.4 Å². The Morgan fingerprint density at radius 3 is 2.50 bits per heavy atom. The maximum Gasteiger partial charge on any atom is 0.242 e. The Balaban J connectivity index is 1.95. The van der Waals surface area contributed by atoms with E-state index in [1.165, 1.54) is 5.56 Å². The Morgan fingerprint density at radius 1 is 1.15 bits per heavy atom. The highest BCUT2D eigenvalue weighted by Crippen LogP contribution is 2.26. The molecule has 6 heteroatoms. The highest BCUT2D eigenvalue weighted by molar-refractivity contribution is 7.10. The molecule has 1 heterocycles. The van der Waals surface area contributed by atoms with Crippen molar-refractivity contribution in [3.63, 3.8) is 0 Å². The van der Waals surface area contributed by atoms with Gasteiger partial charge in [0.25, 0.3) is 0 Å². The van der Waals surface area contributed by atoms with Gasteiger partial charge in [-0.25, -0.2) is 0 Å². The Hall–Kier alpha value is -2.18. The number of hydrogen-bond acceptors (Lipinski definition) is 4. The molecule has 0 saturated heterocycles. The fourth-order valence-corrected chi connectivity index (χ4v) is 3.38. The lowest BCUT2D eigenvalue weighted by Gasteiger charge is -2.19. The van der Waals surface area contributed by atoms with Crippen LogP contribution >= 0.6 is 11.3 Å². The molecule has 0 spiro atoms. The summed E-state index contributed by atoms with van der Waals surface area (Å²) in [7, 11) is 0. The van der Waals surface area contributed by atoms with Gasteiger partial charge in [0, 0.05) is 11.4 Å². The summed E-state index contributed by atoms with van der Waals surface area (Å²) in [6.07, 6.45) is 0.868. The third-order valence-corrected chi connectivity index (χ3v) is 4.96. The van der Waals surface area contributed by atoms with Crippen molar-refractivity contribution in [2.24, 2.45) is 0 Å². The molecule has 5 nitrogen and oxygen atoms in total. The molecule has 3 N–H and O–H groups in total. The van der Waals surface area contributed by atoms with Crippen LogP contribution in [0.25, 0.3) is 0 Å². The Labute approximate surface area is 159 Å². The van der Waals surface area contributed by atoms with Crippen LogP contribution in [0.2, 0.25) is 0 Å². The number of thiophene rings is 1. The van der Waals surface area contributed by atoms with Gasteiger partial charge < -0.3 is 10.6 Å². The van der Waals surface area contributed by atoms with E-state index >= 15 is 0 Å². The minimum absolute atomic E-state index is 0.0504. The molecule has 0 aliphatic rings. The van der Waals surface area contributed by atoms with Crippen LogP contribution in [-0.2, 0) is 9.59 Å². The zero-order valence-electron chi connectivity index (χ0n) is 15.5. The number of hydrogen-bond donors (Lipinski definition) is 3. The zero-order valence-corrected chi connectivity index (χ0v) is 16.4. The van der Waals surface area contributed by atoms with Crippen molar-refractivity contribution in [1.29, 1.82) is 0 Å². The molecule has 0 radical (unpaired) electrons. The normalized spacial score (nSPS) is 13.0. The lowest BCUT2D eigenvalue weighted by Crippen LogP contribution is -2.47. The number of carbonyl (C=O) groups is 2. The second kappa shape index (κ2) is 10.1. The molecule has 0 bridgehead atoms. The van der Waals surface area contributed by atoms with Crippen molar-refractivity contribution in [3.05, 3.63) is 57.8 Å². The maximum absolute atomic E-state index is 12.2. The van der Waals surface area contributed by atoms with Crippen LogP contribution in [0.1, 0.15) is 42.3 Å². The fourth-order valence-electron chi connectivity index (χ4n) is 2.55. The Morgan fingerprint density at radius 2 is 1.88 bits per heavy atom. The summed E-state index contributed by atoms with van der Waals surface area (Å²) in [5.74, 6) is -0.355. The molecule has 140 valence electrons. The molecule has 0 aliphatic heterocycles. The van der Waals surface area contributed by atoms with Crippen LogP contribution < -0.4 is 16.0 Å². The number of aryl methyl sites for hydroxylation is 1. The summed E-state index contributed by atoms with van der Waals surface area (Å²) >= 11 is 1.65. The maximum atomic E-state index is 12.2. The van der Waals surface area contributed by atoms with E-state index in [1.54, 1.807) is 18.3 Å². The first-order valence-electron chi connectivity index (χ1n) is 8.91. The molecule has 0 aliphatic carbocycles. The minimum Gasteiger partial charge on any atom is -0.354 e. The topological polar surface area (TPSA) is 70.2 Å².